The highest BCUT2D eigenvalue weighted by molar-refractivity contribution is 7.92. The number of halogens is 1. The molecular weight excluding hydrogens is 312 g/mol. The lowest BCUT2D eigenvalue weighted by atomic mass is 10.2. The molecule has 2 aromatic rings. The first-order chi connectivity index (χ1) is 9.98. The van der Waals surface area contributed by atoms with Gasteiger partial charge in [0, 0.05) is 5.02 Å². The van der Waals surface area contributed by atoms with E-state index in [0.717, 1.165) is 4.31 Å². The minimum atomic E-state index is -3.81. The summed E-state index contributed by atoms with van der Waals surface area (Å²) < 4.78 is 26.5. The van der Waals surface area contributed by atoms with E-state index in [-0.39, 0.29) is 17.3 Å². The van der Waals surface area contributed by atoms with E-state index >= 15 is 0 Å². The van der Waals surface area contributed by atoms with Crippen LogP contribution in [0.4, 0.5) is 11.4 Å². The molecule has 0 radical (unpaired) electrons. The van der Waals surface area contributed by atoms with Crippen LogP contribution < -0.4 is 9.62 Å². The van der Waals surface area contributed by atoms with Gasteiger partial charge < -0.3 is 5.32 Å². The summed E-state index contributed by atoms with van der Waals surface area (Å²) >= 11 is 5.78. The normalized spacial score (nSPS) is 14.5. The Morgan fingerprint density at radius 2 is 1.71 bits per heavy atom. The van der Waals surface area contributed by atoms with Gasteiger partial charge in [-0.05, 0) is 36.4 Å². The zero-order chi connectivity index (χ0) is 15.0. The monoisotopic (exact) mass is 322 g/mol. The van der Waals surface area contributed by atoms with Crippen molar-refractivity contribution < 1.29 is 13.2 Å². The lowest BCUT2D eigenvalue weighted by molar-refractivity contribution is -0.115. The second-order valence-corrected chi connectivity index (χ2v) is 6.83. The molecule has 0 saturated heterocycles. The van der Waals surface area contributed by atoms with E-state index in [1.165, 1.54) is 24.3 Å². The van der Waals surface area contributed by atoms with Crippen molar-refractivity contribution in [2.24, 2.45) is 0 Å². The molecule has 0 fully saturated rings. The second kappa shape index (κ2) is 5.05. The number of nitrogens with one attached hydrogen (secondary N) is 1. The molecule has 1 heterocycles. The number of rotatable bonds is 2. The first-order valence-electron chi connectivity index (χ1n) is 6.16. The molecule has 0 spiro atoms. The molecule has 7 heteroatoms. The molecule has 21 heavy (non-hydrogen) atoms. The topological polar surface area (TPSA) is 66.5 Å². The molecule has 0 aliphatic carbocycles. The first-order valence-corrected chi connectivity index (χ1v) is 7.97. The average molecular weight is 323 g/mol. The van der Waals surface area contributed by atoms with Gasteiger partial charge in [-0.1, -0.05) is 23.7 Å². The van der Waals surface area contributed by atoms with E-state index < -0.39 is 10.0 Å². The van der Waals surface area contributed by atoms with Gasteiger partial charge in [0.25, 0.3) is 10.0 Å². The van der Waals surface area contributed by atoms with Crippen LogP contribution in [0.1, 0.15) is 0 Å². The Balaban J connectivity index is 2.11. The summed E-state index contributed by atoms with van der Waals surface area (Å²) in [4.78, 5) is 11.8. The molecular formula is C14H11ClN2O3S. The number of hydrogen-bond donors (Lipinski definition) is 1. The van der Waals surface area contributed by atoms with Crippen molar-refractivity contribution in [2.45, 2.75) is 4.90 Å². The maximum absolute atomic E-state index is 12.7. The summed E-state index contributed by atoms with van der Waals surface area (Å²) in [6, 6.07) is 12.6. The number of nitrogens with zero attached hydrogens (tertiary/aromatic N) is 1. The fourth-order valence-corrected chi connectivity index (χ4v) is 3.72. The fourth-order valence-electron chi connectivity index (χ4n) is 2.15. The predicted molar refractivity (Wildman–Crippen MR) is 81.1 cm³/mol. The Morgan fingerprint density at radius 3 is 2.43 bits per heavy atom. The van der Waals surface area contributed by atoms with Crippen LogP contribution in [0.15, 0.2) is 53.4 Å². The van der Waals surface area contributed by atoms with E-state index in [1.807, 2.05) is 0 Å². The van der Waals surface area contributed by atoms with Gasteiger partial charge >= 0.3 is 0 Å². The summed E-state index contributed by atoms with van der Waals surface area (Å²) in [5.74, 6) is -0.369. The number of anilines is 2. The largest absolute Gasteiger partial charge is 0.323 e. The van der Waals surface area contributed by atoms with Crippen molar-refractivity contribution in [2.75, 3.05) is 16.2 Å². The fraction of sp³-hybridized carbons (Fsp3) is 0.0714. The summed E-state index contributed by atoms with van der Waals surface area (Å²) in [7, 11) is -3.81. The second-order valence-electron chi connectivity index (χ2n) is 4.53. The van der Waals surface area contributed by atoms with Gasteiger partial charge in [0.1, 0.15) is 6.54 Å². The maximum atomic E-state index is 12.7. The minimum Gasteiger partial charge on any atom is -0.323 e. The van der Waals surface area contributed by atoms with Crippen molar-refractivity contribution in [1.29, 1.82) is 0 Å². The Bertz CT molecular complexity index is 803. The van der Waals surface area contributed by atoms with E-state index in [9.17, 15) is 13.2 Å². The Kier molecular flexibility index (Phi) is 3.35. The highest BCUT2D eigenvalue weighted by Crippen LogP contribution is 2.33. The van der Waals surface area contributed by atoms with Gasteiger partial charge in [-0.3, -0.25) is 9.10 Å². The number of amides is 1. The molecule has 0 aromatic heterocycles. The smallest absolute Gasteiger partial charge is 0.264 e. The highest BCUT2D eigenvalue weighted by atomic mass is 35.5. The number of carbonyl (C=O) groups is 1. The quantitative estimate of drug-likeness (QED) is 0.923. The maximum Gasteiger partial charge on any atom is 0.264 e. The third-order valence-electron chi connectivity index (χ3n) is 3.14. The van der Waals surface area contributed by atoms with Crippen LogP contribution in [-0.4, -0.2) is 20.9 Å². The zero-order valence-corrected chi connectivity index (χ0v) is 12.4. The van der Waals surface area contributed by atoms with Gasteiger partial charge in [0.15, 0.2) is 0 Å². The van der Waals surface area contributed by atoms with Crippen molar-refractivity contribution in [3.05, 3.63) is 53.6 Å². The number of sulfonamides is 1. The van der Waals surface area contributed by atoms with E-state index in [4.69, 9.17) is 11.6 Å². The molecule has 5 nitrogen and oxygen atoms in total. The molecule has 1 N–H and O–H groups in total. The first kappa shape index (κ1) is 13.9. The average Bonchev–Trinajstić information content (AvgIpc) is 2.46. The van der Waals surface area contributed by atoms with Gasteiger partial charge in [0.05, 0.1) is 16.3 Å². The third kappa shape index (κ3) is 2.48. The van der Waals surface area contributed by atoms with E-state index in [1.54, 1.807) is 24.3 Å². The zero-order valence-electron chi connectivity index (χ0n) is 10.8. The lowest BCUT2D eigenvalue weighted by Gasteiger charge is -2.30. The van der Waals surface area contributed by atoms with Crippen molar-refractivity contribution >= 4 is 38.9 Å². The summed E-state index contributed by atoms with van der Waals surface area (Å²) in [5.41, 5.74) is 0.929. The van der Waals surface area contributed by atoms with E-state index in [0.29, 0.717) is 16.4 Å². The van der Waals surface area contributed by atoms with Crippen molar-refractivity contribution in [1.82, 2.24) is 0 Å². The Labute approximate surface area is 127 Å². The molecule has 108 valence electrons. The van der Waals surface area contributed by atoms with Gasteiger partial charge in [0.2, 0.25) is 5.91 Å². The lowest BCUT2D eigenvalue weighted by Crippen LogP contribution is -2.42. The highest BCUT2D eigenvalue weighted by Gasteiger charge is 2.32. The van der Waals surface area contributed by atoms with E-state index in [2.05, 4.69) is 5.32 Å². The van der Waals surface area contributed by atoms with Gasteiger partial charge in [-0.25, -0.2) is 8.42 Å². The van der Waals surface area contributed by atoms with Crippen molar-refractivity contribution in [3.8, 4) is 0 Å². The molecule has 2 aromatic carbocycles. The Hall–Kier alpha value is -2.05. The van der Waals surface area contributed by atoms with Crippen LogP contribution in [0.25, 0.3) is 0 Å². The van der Waals surface area contributed by atoms with Crippen molar-refractivity contribution in [3.63, 3.8) is 0 Å². The molecule has 0 bridgehead atoms. The number of carbonyl (C=O) groups excluding carboxylic acids is 1. The molecule has 0 saturated carbocycles. The summed E-state index contributed by atoms with van der Waals surface area (Å²) in [6.07, 6.45) is 0. The van der Waals surface area contributed by atoms with Crippen LogP contribution in [0.3, 0.4) is 0 Å². The molecule has 3 rings (SSSR count). The summed E-state index contributed by atoms with van der Waals surface area (Å²) in [6.45, 7) is -0.248. The molecule has 1 aliphatic heterocycles. The summed E-state index contributed by atoms with van der Waals surface area (Å²) in [5, 5.41) is 3.11. The van der Waals surface area contributed by atoms with Crippen LogP contribution in [0.2, 0.25) is 5.02 Å². The predicted octanol–water partition coefficient (Wildman–Crippen LogP) is 2.49. The number of hydrogen-bond acceptors (Lipinski definition) is 3. The third-order valence-corrected chi connectivity index (χ3v) is 5.16. The van der Waals surface area contributed by atoms with Crippen LogP contribution in [0.5, 0.6) is 0 Å². The standard InChI is InChI=1S/C14H11ClN2O3S/c15-10-5-7-11(8-6-10)21(19,20)17-9-14(18)16-12-3-1-2-4-13(12)17/h1-8H,9H2,(H,16,18). The molecule has 0 atom stereocenters. The number of benzene rings is 2. The Morgan fingerprint density at radius 1 is 1.05 bits per heavy atom. The molecule has 1 aliphatic rings. The molecule has 1 amide bonds. The number of para-hydroxylation sites is 2. The SMILES string of the molecule is O=C1CN(S(=O)(=O)c2ccc(Cl)cc2)c2ccccc2N1. The minimum absolute atomic E-state index is 0.0939. The molecule has 0 unspecified atom stereocenters. The van der Waals surface area contributed by atoms with Crippen LogP contribution >= 0.6 is 11.6 Å². The number of fused-ring (bicyclic) bond motifs is 1. The van der Waals surface area contributed by atoms with Gasteiger partial charge in [-0.15, -0.1) is 0 Å². The van der Waals surface area contributed by atoms with Crippen LogP contribution in [0, 0.1) is 0 Å². The van der Waals surface area contributed by atoms with Gasteiger partial charge in [-0.2, -0.15) is 0 Å². The van der Waals surface area contributed by atoms with Crippen LogP contribution in [-0.2, 0) is 14.8 Å².